The molecule has 0 bridgehead atoms. The average molecular weight is 546 g/mol. The number of nitrogens with one attached hydrogen (secondary N) is 1. The number of para-hydroxylation sites is 1. The molecule has 2 heterocycles. The highest BCUT2D eigenvalue weighted by atomic mass is 19.1. The van der Waals surface area contributed by atoms with Crippen LogP contribution in [0.5, 0.6) is 0 Å². The van der Waals surface area contributed by atoms with Crippen molar-refractivity contribution in [3.8, 4) is 0 Å². The van der Waals surface area contributed by atoms with Gasteiger partial charge in [-0.05, 0) is 67.6 Å². The quantitative estimate of drug-likeness (QED) is 0.427. The van der Waals surface area contributed by atoms with Gasteiger partial charge in [0.05, 0.1) is 22.7 Å². The molecule has 0 radical (unpaired) electrons. The molecular formula is C31H29F2N3O4. The van der Waals surface area contributed by atoms with Gasteiger partial charge in [-0.3, -0.25) is 24.1 Å². The Hall–Kier alpha value is -4.24. The van der Waals surface area contributed by atoms with E-state index in [-0.39, 0.29) is 42.8 Å². The van der Waals surface area contributed by atoms with Gasteiger partial charge in [-0.25, -0.2) is 8.78 Å². The Morgan fingerprint density at radius 3 is 2.00 bits per heavy atom. The largest absolute Gasteiger partial charge is 0.345 e. The van der Waals surface area contributed by atoms with Crippen molar-refractivity contribution < 1.29 is 28.0 Å². The van der Waals surface area contributed by atoms with Gasteiger partial charge in [0, 0.05) is 50.1 Å². The first-order valence-corrected chi connectivity index (χ1v) is 13.2. The molecule has 0 spiro atoms. The van der Waals surface area contributed by atoms with Crippen LogP contribution in [0.25, 0.3) is 0 Å². The molecule has 2 aliphatic heterocycles. The zero-order valence-corrected chi connectivity index (χ0v) is 22.0. The van der Waals surface area contributed by atoms with Gasteiger partial charge in [0.2, 0.25) is 5.91 Å². The third kappa shape index (κ3) is 5.56. The van der Waals surface area contributed by atoms with Crippen LogP contribution in [0.15, 0.2) is 72.8 Å². The predicted molar refractivity (Wildman–Crippen MR) is 145 cm³/mol. The molecule has 0 saturated carbocycles. The van der Waals surface area contributed by atoms with Gasteiger partial charge in [-0.1, -0.05) is 12.1 Å². The fraction of sp³-hybridized carbons (Fsp3) is 0.290. The van der Waals surface area contributed by atoms with Gasteiger partial charge < -0.3 is 10.2 Å². The number of nitrogens with zero attached hydrogens (tertiary/aromatic N) is 2. The normalized spacial score (nSPS) is 20.8. The number of amides is 2. The van der Waals surface area contributed by atoms with Crippen molar-refractivity contribution in [2.24, 2.45) is 5.92 Å². The number of carbonyl (C=O) groups is 4. The number of anilines is 1. The minimum Gasteiger partial charge on any atom is -0.345 e. The number of Topliss-reactive ketones (excluding diaryl/α,β-unsaturated/α-hetero) is 2. The SMILES string of the molecule is C[C@]12CN(CCC(=O)c3ccc(F)cc3)C[C@H]1C(=O)N(CCC(=O)c1ccc(F)cc1)c1ccccc1C(=O)N2. The third-order valence-corrected chi connectivity index (χ3v) is 7.71. The second-order valence-corrected chi connectivity index (χ2v) is 10.5. The van der Waals surface area contributed by atoms with E-state index in [0.717, 1.165) is 0 Å². The number of benzene rings is 3. The predicted octanol–water partition coefficient (Wildman–Crippen LogP) is 4.28. The van der Waals surface area contributed by atoms with E-state index in [1.165, 1.54) is 53.4 Å². The Morgan fingerprint density at radius 2 is 1.40 bits per heavy atom. The summed E-state index contributed by atoms with van der Waals surface area (Å²) in [5, 5.41) is 3.06. The first kappa shape index (κ1) is 27.3. The van der Waals surface area contributed by atoms with Crippen LogP contribution in [0.1, 0.15) is 50.8 Å². The molecule has 2 amide bonds. The van der Waals surface area contributed by atoms with E-state index >= 15 is 0 Å². The second kappa shape index (κ2) is 11.1. The summed E-state index contributed by atoms with van der Waals surface area (Å²) in [6.07, 6.45) is 0.166. The van der Waals surface area contributed by atoms with E-state index in [1.807, 2.05) is 11.8 Å². The van der Waals surface area contributed by atoms with E-state index in [9.17, 15) is 28.0 Å². The standard InChI is InChI=1S/C31H29F2N3O4/c1-31-19-35(16-14-27(37)20-6-10-22(32)11-7-20)18-25(31)30(40)36(26-5-3-2-4-24(26)29(39)34-31)17-15-28(38)21-8-12-23(33)13-9-21/h2-13,25H,14-19H2,1H3,(H,34,39)/t25-,31-/m0/s1. The number of halogens is 2. The highest BCUT2D eigenvalue weighted by molar-refractivity contribution is 6.08. The zero-order valence-electron chi connectivity index (χ0n) is 22.0. The summed E-state index contributed by atoms with van der Waals surface area (Å²) in [5.41, 5.74) is 0.600. The lowest BCUT2D eigenvalue weighted by molar-refractivity contribution is -0.123. The van der Waals surface area contributed by atoms with Crippen LogP contribution in [0.2, 0.25) is 0 Å². The number of likely N-dealkylation sites (tertiary alicyclic amines) is 1. The monoisotopic (exact) mass is 545 g/mol. The van der Waals surface area contributed by atoms with Crippen LogP contribution in [-0.4, -0.2) is 60.0 Å². The topological polar surface area (TPSA) is 86.8 Å². The van der Waals surface area contributed by atoms with Crippen LogP contribution >= 0.6 is 0 Å². The number of carbonyl (C=O) groups excluding carboxylic acids is 4. The number of hydrogen-bond donors (Lipinski definition) is 1. The number of rotatable bonds is 8. The Bertz CT molecular complexity index is 1460. The fourth-order valence-electron chi connectivity index (χ4n) is 5.54. The summed E-state index contributed by atoms with van der Waals surface area (Å²) < 4.78 is 26.6. The van der Waals surface area contributed by atoms with Crippen molar-refractivity contribution in [2.75, 3.05) is 31.1 Å². The fourth-order valence-corrected chi connectivity index (χ4v) is 5.54. The lowest BCUT2D eigenvalue weighted by Crippen LogP contribution is -2.58. The van der Waals surface area contributed by atoms with Crippen LogP contribution in [0.4, 0.5) is 14.5 Å². The van der Waals surface area contributed by atoms with Crippen LogP contribution in [-0.2, 0) is 4.79 Å². The molecule has 1 N–H and O–H groups in total. The lowest BCUT2D eigenvalue weighted by Gasteiger charge is -2.38. The van der Waals surface area contributed by atoms with Gasteiger partial charge in [0.15, 0.2) is 11.6 Å². The molecule has 1 saturated heterocycles. The number of hydrogen-bond acceptors (Lipinski definition) is 5. The van der Waals surface area contributed by atoms with Crippen molar-refractivity contribution >= 4 is 29.1 Å². The highest BCUT2D eigenvalue weighted by Crippen LogP contribution is 2.35. The van der Waals surface area contributed by atoms with E-state index in [4.69, 9.17) is 0 Å². The Kier molecular flexibility index (Phi) is 7.58. The average Bonchev–Trinajstić information content (AvgIpc) is 3.27. The summed E-state index contributed by atoms with van der Waals surface area (Å²) in [5.74, 6) is -2.42. The molecule has 2 atom stereocenters. The van der Waals surface area contributed by atoms with Crippen LogP contribution in [0, 0.1) is 17.6 Å². The number of ketones is 2. The van der Waals surface area contributed by atoms with Crippen molar-refractivity contribution in [1.82, 2.24) is 10.2 Å². The van der Waals surface area contributed by atoms with Gasteiger partial charge in [0.25, 0.3) is 5.91 Å². The Labute approximate surface area is 230 Å². The summed E-state index contributed by atoms with van der Waals surface area (Å²) in [6.45, 7) is 2.91. The maximum atomic E-state index is 14.1. The van der Waals surface area contributed by atoms with Crippen molar-refractivity contribution in [3.63, 3.8) is 0 Å². The first-order chi connectivity index (χ1) is 19.1. The molecular weight excluding hydrogens is 516 g/mol. The molecule has 3 aromatic rings. The van der Waals surface area contributed by atoms with Crippen molar-refractivity contribution in [1.29, 1.82) is 0 Å². The molecule has 5 rings (SSSR count). The van der Waals surface area contributed by atoms with Gasteiger partial charge in [-0.15, -0.1) is 0 Å². The van der Waals surface area contributed by atoms with Gasteiger partial charge in [-0.2, -0.15) is 0 Å². The molecule has 9 heteroatoms. The Morgan fingerprint density at radius 1 is 0.850 bits per heavy atom. The molecule has 7 nitrogen and oxygen atoms in total. The highest BCUT2D eigenvalue weighted by Gasteiger charge is 2.50. The Balaban J connectivity index is 1.36. The smallest absolute Gasteiger partial charge is 0.253 e. The maximum absolute atomic E-state index is 14.1. The minimum atomic E-state index is -0.903. The van der Waals surface area contributed by atoms with Crippen molar-refractivity contribution in [2.45, 2.75) is 25.3 Å². The molecule has 3 aromatic carbocycles. The molecule has 40 heavy (non-hydrogen) atoms. The molecule has 2 aliphatic rings. The first-order valence-electron chi connectivity index (χ1n) is 13.2. The van der Waals surface area contributed by atoms with E-state index in [0.29, 0.717) is 42.0 Å². The summed E-state index contributed by atoms with van der Waals surface area (Å²) >= 11 is 0. The summed E-state index contributed by atoms with van der Waals surface area (Å²) in [7, 11) is 0. The second-order valence-electron chi connectivity index (χ2n) is 10.5. The lowest BCUT2D eigenvalue weighted by atomic mass is 9.85. The zero-order chi connectivity index (χ0) is 28.4. The van der Waals surface area contributed by atoms with Gasteiger partial charge >= 0.3 is 0 Å². The molecule has 1 fully saturated rings. The molecule has 0 unspecified atom stereocenters. The van der Waals surface area contributed by atoms with Crippen LogP contribution < -0.4 is 10.2 Å². The molecule has 0 aliphatic carbocycles. The van der Waals surface area contributed by atoms with E-state index in [1.54, 1.807) is 24.3 Å². The number of fused-ring (bicyclic) bond motifs is 2. The van der Waals surface area contributed by atoms with Crippen molar-refractivity contribution in [3.05, 3.63) is 101 Å². The van der Waals surface area contributed by atoms with E-state index in [2.05, 4.69) is 5.32 Å². The molecule has 0 aromatic heterocycles. The van der Waals surface area contributed by atoms with E-state index < -0.39 is 23.1 Å². The maximum Gasteiger partial charge on any atom is 0.253 e. The summed E-state index contributed by atoms with van der Waals surface area (Å²) in [4.78, 5) is 56.5. The third-order valence-electron chi connectivity index (χ3n) is 7.71. The summed E-state index contributed by atoms with van der Waals surface area (Å²) in [6, 6.07) is 17.4. The minimum absolute atomic E-state index is 0.00730. The van der Waals surface area contributed by atoms with Crippen LogP contribution in [0.3, 0.4) is 0 Å². The van der Waals surface area contributed by atoms with Gasteiger partial charge in [0.1, 0.15) is 11.6 Å². The molecule has 206 valence electrons.